The van der Waals surface area contributed by atoms with Crippen LogP contribution in [0.4, 0.5) is 5.69 Å². The summed E-state index contributed by atoms with van der Waals surface area (Å²) in [5, 5.41) is 7.77. The van der Waals surface area contributed by atoms with Crippen LogP contribution in [-0.2, 0) is 0 Å². The van der Waals surface area contributed by atoms with Crippen LogP contribution in [0, 0.1) is 0 Å². The Hall–Kier alpha value is -1.62. The SMILES string of the molecule is CC(N)CNc1ccnc2oncc12. The van der Waals surface area contributed by atoms with Crippen LogP contribution < -0.4 is 11.1 Å². The Balaban J connectivity index is 2.27. The quantitative estimate of drug-likeness (QED) is 0.758. The van der Waals surface area contributed by atoms with E-state index in [2.05, 4.69) is 15.5 Å². The van der Waals surface area contributed by atoms with E-state index in [4.69, 9.17) is 10.3 Å². The van der Waals surface area contributed by atoms with E-state index in [-0.39, 0.29) is 6.04 Å². The fraction of sp³-hybridized carbons (Fsp3) is 0.333. The third-order valence-corrected chi connectivity index (χ3v) is 1.89. The number of aromatic nitrogens is 2. The van der Waals surface area contributed by atoms with Crippen molar-refractivity contribution in [1.29, 1.82) is 0 Å². The molecule has 14 heavy (non-hydrogen) atoms. The van der Waals surface area contributed by atoms with Gasteiger partial charge in [-0.3, -0.25) is 0 Å². The summed E-state index contributed by atoms with van der Waals surface area (Å²) in [4.78, 5) is 4.03. The molecule has 2 rings (SSSR count). The van der Waals surface area contributed by atoms with Crippen LogP contribution in [0.25, 0.3) is 11.1 Å². The molecule has 0 aliphatic rings. The molecule has 3 N–H and O–H groups in total. The minimum absolute atomic E-state index is 0.109. The first-order valence-corrected chi connectivity index (χ1v) is 4.46. The molecular weight excluding hydrogens is 180 g/mol. The molecule has 0 radical (unpaired) electrons. The first-order chi connectivity index (χ1) is 6.77. The normalized spacial score (nSPS) is 13.0. The summed E-state index contributed by atoms with van der Waals surface area (Å²) in [6.07, 6.45) is 3.32. The van der Waals surface area contributed by atoms with Gasteiger partial charge < -0.3 is 15.6 Å². The van der Waals surface area contributed by atoms with Gasteiger partial charge in [-0.2, -0.15) is 0 Å². The maximum Gasteiger partial charge on any atom is 0.259 e. The van der Waals surface area contributed by atoms with Crippen molar-refractivity contribution in [2.75, 3.05) is 11.9 Å². The summed E-state index contributed by atoms with van der Waals surface area (Å²) >= 11 is 0. The zero-order valence-electron chi connectivity index (χ0n) is 7.90. The van der Waals surface area contributed by atoms with Crippen LogP contribution in [0.2, 0.25) is 0 Å². The van der Waals surface area contributed by atoms with Crippen molar-refractivity contribution in [3.05, 3.63) is 18.5 Å². The molecular formula is C9H12N4O. The minimum atomic E-state index is 0.109. The topological polar surface area (TPSA) is 77.0 Å². The molecule has 74 valence electrons. The third-order valence-electron chi connectivity index (χ3n) is 1.89. The number of nitrogens with zero attached hydrogens (tertiary/aromatic N) is 2. The number of rotatable bonds is 3. The monoisotopic (exact) mass is 192 g/mol. The van der Waals surface area contributed by atoms with Crippen LogP contribution in [0.1, 0.15) is 6.92 Å². The Bertz CT molecular complexity index is 423. The van der Waals surface area contributed by atoms with Crippen molar-refractivity contribution < 1.29 is 4.52 Å². The molecule has 1 atom stereocenters. The molecule has 0 amide bonds. The van der Waals surface area contributed by atoms with Crippen LogP contribution in [0.5, 0.6) is 0 Å². The van der Waals surface area contributed by atoms with Gasteiger partial charge in [0.15, 0.2) is 0 Å². The van der Waals surface area contributed by atoms with Gasteiger partial charge in [-0.05, 0) is 13.0 Å². The molecule has 0 aromatic carbocycles. The lowest BCUT2D eigenvalue weighted by Gasteiger charge is -2.08. The van der Waals surface area contributed by atoms with E-state index in [0.29, 0.717) is 12.3 Å². The van der Waals surface area contributed by atoms with E-state index >= 15 is 0 Å². The van der Waals surface area contributed by atoms with Gasteiger partial charge in [0, 0.05) is 18.8 Å². The van der Waals surface area contributed by atoms with E-state index in [0.717, 1.165) is 11.1 Å². The number of nitrogens with one attached hydrogen (secondary N) is 1. The lowest BCUT2D eigenvalue weighted by molar-refractivity contribution is 0.448. The molecule has 0 fully saturated rings. The predicted molar refractivity (Wildman–Crippen MR) is 53.9 cm³/mol. The van der Waals surface area contributed by atoms with Gasteiger partial charge in [-0.1, -0.05) is 5.16 Å². The van der Waals surface area contributed by atoms with E-state index < -0.39 is 0 Å². The van der Waals surface area contributed by atoms with Crippen LogP contribution >= 0.6 is 0 Å². The van der Waals surface area contributed by atoms with Gasteiger partial charge in [0.25, 0.3) is 5.71 Å². The summed E-state index contributed by atoms with van der Waals surface area (Å²) in [5.74, 6) is 0. The number of pyridine rings is 1. The molecule has 5 nitrogen and oxygen atoms in total. The lowest BCUT2D eigenvalue weighted by Crippen LogP contribution is -2.25. The molecule has 0 saturated carbocycles. The lowest BCUT2D eigenvalue weighted by atomic mass is 10.3. The van der Waals surface area contributed by atoms with E-state index in [1.165, 1.54) is 0 Å². The maximum absolute atomic E-state index is 5.64. The molecule has 0 spiro atoms. The summed E-state index contributed by atoms with van der Waals surface area (Å²) in [6.45, 7) is 2.66. The van der Waals surface area contributed by atoms with E-state index in [1.807, 2.05) is 13.0 Å². The van der Waals surface area contributed by atoms with E-state index in [1.54, 1.807) is 12.4 Å². The smallest absolute Gasteiger partial charge is 0.259 e. The molecule has 1 unspecified atom stereocenters. The highest BCUT2D eigenvalue weighted by molar-refractivity contribution is 5.86. The molecule has 0 aliphatic heterocycles. The second kappa shape index (κ2) is 3.63. The standard InChI is InChI=1S/C9H12N4O/c1-6(10)4-12-8-2-3-11-9-7(8)5-13-14-9/h2-3,5-6H,4,10H2,1H3,(H,11,12). The molecule has 2 aromatic heterocycles. The zero-order valence-corrected chi connectivity index (χ0v) is 7.90. The van der Waals surface area contributed by atoms with Crippen molar-refractivity contribution in [3.8, 4) is 0 Å². The summed E-state index contributed by atoms with van der Waals surface area (Å²) in [5.41, 5.74) is 7.14. The van der Waals surface area contributed by atoms with Gasteiger partial charge in [0.1, 0.15) is 0 Å². The fourth-order valence-corrected chi connectivity index (χ4v) is 1.21. The Kier molecular flexibility index (Phi) is 2.32. The fourth-order valence-electron chi connectivity index (χ4n) is 1.21. The third kappa shape index (κ3) is 1.67. The highest BCUT2D eigenvalue weighted by Crippen LogP contribution is 2.20. The van der Waals surface area contributed by atoms with Gasteiger partial charge in [0.2, 0.25) is 0 Å². The van der Waals surface area contributed by atoms with Gasteiger partial charge in [-0.15, -0.1) is 0 Å². The molecule has 0 bridgehead atoms. The van der Waals surface area contributed by atoms with Crippen molar-refractivity contribution in [2.45, 2.75) is 13.0 Å². The molecule has 0 saturated heterocycles. The van der Waals surface area contributed by atoms with Crippen LogP contribution in [-0.4, -0.2) is 22.7 Å². The van der Waals surface area contributed by atoms with Crippen molar-refractivity contribution >= 4 is 16.8 Å². The molecule has 2 aromatic rings. The maximum atomic E-state index is 5.64. The second-order valence-corrected chi connectivity index (χ2v) is 3.26. The Morgan fingerprint density at radius 1 is 1.64 bits per heavy atom. The summed E-state index contributed by atoms with van der Waals surface area (Å²) in [6, 6.07) is 1.99. The van der Waals surface area contributed by atoms with Crippen molar-refractivity contribution in [2.24, 2.45) is 5.73 Å². The van der Waals surface area contributed by atoms with Gasteiger partial charge in [-0.25, -0.2) is 4.98 Å². The summed E-state index contributed by atoms with van der Waals surface area (Å²) in [7, 11) is 0. The van der Waals surface area contributed by atoms with Crippen molar-refractivity contribution in [1.82, 2.24) is 10.1 Å². The number of anilines is 1. The van der Waals surface area contributed by atoms with Gasteiger partial charge in [0.05, 0.1) is 17.3 Å². The largest absolute Gasteiger partial charge is 0.383 e. The average Bonchev–Trinajstić information content (AvgIpc) is 2.62. The van der Waals surface area contributed by atoms with Gasteiger partial charge >= 0.3 is 0 Å². The number of hydrogen-bond donors (Lipinski definition) is 2. The highest BCUT2D eigenvalue weighted by Gasteiger charge is 2.05. The minimum Gasteiger partial charge on any atom is -0.383 e. The van der Waals surface area contributed by atoms with Crippen LogP contribution in [0.3, 0.4) is 0 Å². The van der Waals surface area contributed by atoms with Crippen LogP contribution in [0.15, 0.2) is 23.0 Å². The number of nitrogens with two attached hydrogens (primary N) is 1. The average molecular weight is 192 g/mol. The molecule has 5 heteroatoms. The van der Waals surface area contributed by atoms with E-state index in [9.17, 15) is 0 Å². The molecule has 0 aliphatic carbocycles. The Morgan fingerprint density at radius 3 is 3.29 bits per heavy atom. The first-order valence-electron chi connectivity index (χ1n) is 4.46. The zero-order chi connectivity index (χ0) is 9.97. The number of fused-ring (bicyclic) bond motifs is 1. The first kappa shape index (κ1) is 8.96. The molecule has 2 heterocycles. The highest BCUT2D eigenvalue weighted by atomic mass is 16.5. The Morgan fingerprint density at radius 2 is 2.50 bits per heavy atom. The summed E-state index contributed by atoms with van der Waals surface area (Å²) < 4.78 is 4.93. The predicted octanol–water partition coefficient (Wildman–Crippen LogP) is 0.982. The Labute approximate surface area is 81.3 Å². The second-order valence-electron chi connectivity index (χ2n) is 3.26. The van der Waals surface area contributed by atoms with Crippen molar-refractivity contribution in [3.63, 3.8) is 0 Å². The number of hydrogen-bond acceptors (Lipinski definition) is 5.